The summed E-state index contributed by atoms with van der Waals surface area (Å²) >= 11 is 3.17. The minimum atomic E-state index is -0.224. The van der Waals surface area contributed by atoms with Crippen molar-refractivity contribution in [2.24, 2.45) is 0 Å². The Kier molecular flexibility index (Phi) is 4.98. The molecule has 0 spiro atoms. The molecule has 102 valence electrons. The molecule has 0 fully saturated rings. The van der Waals surface area contributed by atoms with E-state index in [2.05, 4.69) is 15.5 Å². The number of aromatic nitrogens is 2. The highest BCUT2D eigenvalue weighted by Gasteiger charge is 2.06. The fraction of sp³-hybridized carbons (Fsp3) is 0.333. The number of nitrogens with one attached hydrogen (secondary N) is 1. The number of benzene rings is 1. The normalized spacial score (nSPS) is 10.5. The predicted molar refractivity (Wildman–Crippen MR) is 79.8 cm³/mol. The molecule has 0 amide bonds. The minimum Gasteiger partial charge on any atom is -0.382 e. The van der Waals surface area contributed by atoms with E-state index in [1.54, 1.807) is 35.2 Å². The molecule has 2 aromatic rings. The highest BCUT2D eigenvalue weighted by Crippen LogP contribution is 2.26. The van der Waals surface area contributed by atoms with E-state index in [0.29, 0.717) is 12.2 Å². The molecule has 19 heavy (non-hydrogen) atoms. The average Bonchev–Trinajstić information content (AvgIpc) is 2.85. The summed E-state index contributed by atoms with van der Waals surface area (Å²) in [6, 6.07) is 6.67. The first-order valence-electron chi connectivity index (χ1n) is 5.79. The topological polar surface area (TPSA) is 41.1 Å². The minimum absolute atomic E-state index is 0.224. The molecular weight excluding hydrogens is 283 g/mol. The summed E-state index contributed by atoms with van der Waals surface area (Å²) in [5.74, 6) is 0.592. The third kappa shape index (κ3) is 4.07. The predicted octanol–water partition coefficient (Wildman–Crippen LogP) is 2.95. The van der Waals surface area contributed by atoms with E-state index in [9.17, 15) is 4.39 Å². The molecular formula is C12H15FN4S2. The number of anilines is 2. The van der Waals surface area contributed by atoms with Crippen LogP contribution in [0.25, 0.3) is 0 Å². The molecule has 7 heteroatoms. The molecule has 0 saturated heterocycles. The van der Waals surface area contributed by atoms with Crippen LogP contribution in [-0.4, -0.2) is 36.6 Å². The molecule has 2 rings (SSSR count). The van der Waals surface area contributed by atoms with Crippen LogP contribution in [0, 0.1) is 5.82 Å². The van der Waals surface area contributed by atoms with Crippen LogP contribution in [0.3, 0.4) is 0 Å². The van der Waals surface area contributed by atoms with E-state index in [1.165, 1.54) is 6.07 Å². The fourth-order valence-corrected chi connectivity index (χ4v) is 3.06. The second-order valence-electron chi connectivity index (χ2n) is 4.00. The van der Waals surface area contributed by atoms with Crippen molar-refractivity contribution in [3.8, 4) is 0 Å². The summed E-state index contributed by atoms with van der Waals surface area (Å²) in [6.07, 6.45) is 0. The molecule has 0 radical (unpaired) electrons. The first-order chi connectivity index (χ1) is 9.16. The van der Waals surface area contributed by atoms with Gasteiger partial charge in [-0.25, -0.2) is 4.39 Å². The molecule has 1 N–H and O–H groups in total. The maximum absolute atomic E-state index is 13.3. The van der Waals surface area contributed by atoms with E-state index in [0.717, 1.165) is 15.2 Å². The van der Waals surface area contributed by atoms with Crippen molar-refractivity contribution in [3.05, 3.63) is 30.1 Å². The number of thioether (sulfide) groups is 1. The van der Waals surface area contributed by atoms with Gasteiger partial charge in [-0.05, 0) is 12.1 Å². The summed E-state index contributed by atoms with van der Waals surface area (Å²) in [6.45, 7) is 0.683. The van der Waals surface area contributed by atoms with Crippen LogP contribution >= 0.6 is 23.1 Å². The van der Waals surface area contributed by atoms with Gasteiger partial charge in [-0.2, -0.15) is 0 Å². The smallest absolute Gasteiger partial charge is 0.208 e. The molecule has 0 aliphatic rings. The van der Waals surface area contributed by atoms with E-state index in [4.69, 9.17) is 0 Å². The van der Waals surface area contributed by atoms with Crippen molar-refractivity contribution < 1.29 is 4.39 Å². The van der Waals surface area contributed by atoms with Crippen LogP contribution < -0.4 is 10.2 Å². The second-order valence-corrected chi connectivity index (χ2v) is 6.30. The largest absolute Gasteiger partial charge is 0.382 e. The standard InChI is InChI=1S/C12H15FN4S2/c1-17(2)11-15-16-12(19-11)18-8-7-14-10-6-4-3-5-9(10)13/h3-6,14H,7-8H2,1-2H3. The molecule has 0 saturated carbocycles. The number of halogens is 1. The molecule has 1 heterocycles. The number of nitrogens with zero attached hydrogens (tertiary/aromatic N) is 3. The second kappa shape index (κ2) is 6.72. The van der Waals surface area contributed by atoms with Gasteiger partial charge in [-0.1, -0.05) is 35.2 Å². The van der Waals surface area contributed by atoms with Crippen molar-refractivity contribution in [1.82, 2.24) is 10.2 Å². The van der Waals surface area contributed by atoms with Gasteiger partial charge in [0.05, 0.1) is 5.69 Å². The zero-order valence-corrected chi connectivity index (χ0v) is 12.4. The van der Waals surface area contributed by atoms with Crippen molar-refractivity contribution in [1.29, 1.82) is 0 Å². The zero-order valence-electron chi connectivity index (χ0n) is 10.8. The van der Waals surface area contributed by atoms with Gasteiger partial charge < -0.3 is 10.2 Å². The summed E-state index contributed by atoms with van der Waals surface area (Å²) in [5, 5.41) is 12.1. The average molecular weight is 298 g/mol. The Morgan fingerprint density at radius 3 is 2.79 bits per heavy atom. The van der Waals surface area contributed by atoms with Crippen molar-refractivity contribution in [3.63, 3.8) is 0 Å². The van der Waals surface area contributed by atoms with Crippen molar-refractivity contribution in [2.45, 2.75) is 4.34 Å². The molecule has 0 aliphatic carbocycles. The summed E-state index contributed by atoms with van der Waals surface area (Å²) in [4.78, 5) is 1.93. The van der Waals surface area contributed by atoms with Crippen molar-refractivity contribution >= 4 is 33.9 Å². The van der Waals surface area contributed by atoms with Gasteiger partial charge >= 0.3 is 0 Å². The quantitative estimate of drug-likeness (QED) is 0.656. The third-order valence-electron chi connectivity index (χ3n) is 2.30. The molecule has 0 unspecified atom stereocenters. The molecule has 1 aromatic carbocycles. The number of hydrogen-bond donors (Lipinski definition) is 1. The maximum Gasteiger partial charge on any atom is 0.208 e. The van der Waals surface area contributed by atoms with Crippen LogP contribution in [0.1, 0.15) is 0 Å². The lowest BCUT2D eigenvalue weighted by molar-refractivity contribution is 0.630. The zero-order chi connectivity index (χ0) is 13.7. The Bertz CT molecular complexity index is 530. The van der Waals surface area contributed by atoms with Crippen LogP contribution in [0.5, 0.6) is 0 Å². The van der Waals surface area contributed by atoms with Crippen LogP contribution in [0.4, 0.5) is 15.2 Å². The lowest BCUT2D eigenvalue weighted by Gasteiger charge is -2.06. The van der Waals surface area contributed by atoms with Crippen LogP contribution in [0.2, 0.25) is 0 Å². The highest BCUT2D eigenvalue weighted by atomic mass is 32.2. The molecule has 4 nitrogen and oxygen atoms in total. The Hall–Kier alpha value is -1.34. The first kappa shape index (κ1) is 14.1. The summed E-state index contributed by atoms with van der Waals surface area (Å²) < 4.78 is 14.3. The fourth-order valence-electron chi connectivity index (χ4n) is 1.37. The molecule has 0 aliphatic heterocycles. The lowest BCUT2D eigenvalue weighted by atomic mass is 10.3. The number of hydrogen-bond acceptors (Lipinski definition) is 6. The number of para-hydroxylation sites is 1. The van der Waals surface area contributed by atoms with Gasteiger partial charge in [0, 0.05) is 26.4 Å². The van der Waals surface area contributed by atoms with Crippen molar-refractivity contribution in [2.75, 3.05) is 36.6 Å². The van der Waals surface area contributed by atoms with Gasteiger partial charge in [-0.15, -0.1) is 10.2 Å². The highest BCUT2D eigenvalue weighted by molar-refractivity contribution is 8.01. The van der Waals surface area contributed by atoms with E-state index in [-0.39, 0.29) is 5.82 Å². The van der Waals surface area contributed by atoms with Gasteiger partial charge in [0.15, 0.2) is 4.34 Å². The van der Waals surface area contributed by atoms with E-state index in [1.807, 2.05) is 25.1 Å². The summed E-state index contributed by atoms with van der Waals surface area (Å²) in [5.41, 5.74) is 0.536. The molecule has 0 bridgehead atoms. The number of rotatable bonds is 6. The van der Waals surface area contributed by atoms with Gasteiger partial charge in [0.1, 0.15) is 5.82 Å². The first-order valence-corrected chi connectivity index (χ1v) is 7.59. The molecule has 1 aromatic heterocycles. The Labute approximate surface area is 120 Å². The monoisotopic (exact) mass is 298 g/mol. The summed E-state index contributed by atoms with van der Waals surface area (Å²) in [7, 11) is 3.88. The maximum atomic E-state index is 13.3. The van der Waals surface area contributed by atoms with E-state index < -0.39 is 0 Å². The third-order valence-corrected chi connectivity index (χ3v) is 4.52. The van der Waals surface area contributed by atoms with E-state index >= 15 is 0 Å². The Balaban J connectivity index is 1.76. The Morgan fingerprint density at radius 2 is 2.11 bits per heavy atom. The van der Waals surface area contributed by atoms with Gasteiger partial charge in [0.2, 0.25) is 5.13 Å². The lowest BCUT2D eigenvalue weighted by Crippen LogP contribution is -2.07. The molecule has 0 atom stereocenters. The van der Waals surface area contributed by atoms with Crippen LogP contribution in [0.15, 0.2) is 28.6 Å². The SMILES string of the molecule is CN(C)c1nnc(SCCNc2ccccc2F)s1. The van der Waals surface area contributed by atoms with Gasteiger partial charge in [-0.3, -0.25) is 0 Å². The Morgan fingerprint density at radius 1 is 1.32 bits per heavy atom. The van der Waals surface area contributed by atoms with Crippen LogP contribution in [-0.2, 0) is 0 Å². The van der Waals surface area contributed by atoms with Gasteiger partial charge in [0.25, 0.3) is 0 Å².